The topological polar surface area (TPSA) is 75.9 Å². The van der Waals surface area contributed by atoms with Gasteiger partial charge in [-0.15, -0.1) is 0 Å². The average Bonchev–Trinajstić information content (AvgIpc) is 2.85. The third kappa shape index (κ3) is 2.95. The molecule has 0 spiro atoms. The first-order valence-electron chi connectivity index (χ1n) is 9.38. The summed E-state index contributed by atoms with van der Waals surface area (Å²) in [5.74, 6) is 2.08. The van der Waals surface area contributed by atoms with Crippen LogP contribution in [0.5, 0.6) is 0 Å². The van der Waals surface area contributed by atoms with E-state index >= 15 is 0 Å². The van der Waals surface area contributed by atoms with Crippen LogP contribution in [0, 0.1) is 19.8 Å². The normalized spacial score (nSPS) is 17.3. The molecule has 2 aliphatic rings. The minimum absolute atomic E-state index is 0.0736. The Balaban J connectivity index is 1.63. The number of carbonyl (C=O) groups is 1. The lowest BCUT2D eigenvalue weighted by molar-refractivity contribution is 0.0939. The van der Waals surface area contributed by atoms with Crippen molar-refractivity contribution in [3.8, 4) is 0 Å². The van der Waals surface area contributed by atoms with E-state index in [2.05, 4.69) is 51.8 Å². The first kappa shape index (κ1) is 17.0. The molecular formula is C19H26N6O. The molecule has 2 aliphatic heterocycles. The van der Waals surface area contributed by atoms with Gasteiger partial charge in [0.1, 0.15) is 17.3 Å². The van der Waals surface area contributed by atoms with E-state index in [1.54, 1.807) is 0 Å². The number of nitrogens with one attached hydrogen (secondary N) is 1. The molecule has 7 heteroatoms. The van der Waals surface area contributed by atoms with Crippen molar-refractivity contribution in [2.24, 2.45) is 5.92 Å². The van der Waals surface area contributed by atoms with Gasteiger partial charge in [0.15, 0.2) is 0 Å². The van der Waals surface area contributed by atoms with E-state index in [0.29, 0.717) is 24.2 Å². The van der Waals surface area contributed by atoms with E-state index in [1.807, 2.05) is 6.92 Å². The van der Waals surface area contributed by atoms with E-state index in [9.17, 15) is 4.79 Å². The van der Waals surface area contributed by atoms with E-state index < -0.39 is 0 Å². The zero-order chi connectivity index (χ0) is 18.4. The monoisotopic (exact) mass is 354 g/mol. The fourth-order valence-corrected chi connectivity index (χ4v) is 3.84. The second-order valence-corrected chi connectivity index (χ2v) is 7.82. The molecule has 0 saturated carbocycles. The summed E-state index contributed by atoms with van der Waals surface area (Å²) in [5.41, 5.74) is 3.80. The molecule has 138 valence electrons. The first-order chi connectivity index (χ1) is 12.4. The third-order valence-electron chi connectivity index (χ3n) is 5.05. The summed E-state index contributed by atoms with van der Waals surface area (Å²) in [4.78, 5) is 24.0. The number of fused-ring (bicyclic) bond motifs is 1. The van der Waals surface area contributed by atoms with Crippen LogP contribution in [0.1, 0.15) is 53.2 Å². The molecule has 4 heterocycles. The number of hydrogen-bond acceptors (Lipinski definition) is 5. The molecule has 1 N–H and O–H groups in total. The van der Waals surface area contributed by atoms with Gasteiger partial charge in [0, 0.05) is 37.3 Å². The second-order valence-electron chi connectivity index (χ2n) is 7.82. The number of amides is 1. The Hall–Kier alpha value is -2.44. The Morgan fingerprint density at radius 2 is 2.04 bits per heavy atom. The van der Waals surface area contributed by atoms with Gasteiger partial charge in [-0.3, -0.25) is 9.48 Å². The van der Waals surface area contributed by atoms with Gasteiger partial charge in [0.2, 0.25) is 0 Å². The van der Waals surface area contributed by atoms with Gasteiger partial charge in [-0.05, 0) is 32.3 Å². The van der Waals surface area contributed by atoms with Crippen LogP contribution in [0.3, 0.4) is 0 Å². The van der Waals surface area contributed by atoms with Crippen molar-refractivity contribution < 1.29 is 4.79 Å². The Kier molecular flexibility index (Phi) is 4.17. The highest BCUT2D eigenvalue weighted by molar-refractivity contribution is 5.96. The minimum atomic E-state index is -0.0736. The number of carbonyl (C=O) groups excluding carboxylic acids is 1. The molecule has 0 aromatic carbocycles. The van der Waals surface area contributed by atoms with Crippen LogP contribution in [0.25, 0.3) is 0 Å². The molecule has 0 bridgehead atoms. The highest BCUT2D eigenvalue weighted by Crippen LogP contribution is 2.32. The Morgan fingerprint density at radius 3 is 2.69 bits per heavy atom. The maximum Gasteiger partial charge on any atom is 0.270 e. The van der Waals surface area contributed by atoms with Crippen molar-refractivity contribution in [3.05, 3.63) is 34.5 Å². The summed E-state index contributed by atoms with van der Waals surface area (Å²) < 4.78 is 2.11. The molecule has 1 saturated heterocycles. The Morgan fingerprint density at radius 1 is 1.27 bits per heavy atom. The summed E-state index contributed by atoms with van der Waals surface area (Å²) in [6.07, 6.45) is 1.57. The summed E-state index contributed by atoms with van der Waals surface area (Å²) in [7, 11) is 0. The molecule has 0 unspecified atom stereocenters. The SMILES string of the molecule is Cc1cc(C)n(C2CN(c3nc(CC(C)C)nc4c3CCNC4=O)C2)n1. The zero-order valence-electron chi connectivity index (χ0n) is 15.9. The van der Waals surface area contributed by atoms with Gasteiger partial charge in [-0.25, -0.2) is 9.97 Å². The predicted octanol–water partition coefficient (Wildman–Crippen LogP) is 1.84. The van der Waals surface area contributed by atoms with Crippen molar-refractivity contribution in [2.75, 3.05) is 24.5 Å². The van der Waals surface area contributed by atoms with Crippen molar-refractivity contribution in [3.63, 3.8) is 0 Å². The smallest absolute Gasteiger partial charge is 0.270 e. The zero-order valence-corrected chi connectivity index (χ0v) is 15.9. The molecule has 1 fully saturated rings. The molecule has 0 atom stereocenters. The van der Waals surface area contributed by atoms with Gasteiger partial charge < -0.3 is 10.2 Å². The van der Waals surface area contributed by atoms with E-state index in [4.69, 9.17) is 4.98 Å². The van der Waals surface area contributed by atoms with Crippen LogP contribution in [0.4, 0.5) is 5.82 Å². The summed E-state index contributed by atoms with van der Waals surface area (Å²) in [6, 6.07) is 2.47. The molecule has 0 radical (unpaired) electrons. The molecular weight excluding hydrogens is 328 g/mol. The highest BCUT2D eigenvalue weighted by Gasteiger charge is 2.35. The maximum atomic E-state index is 12.3. The van der Waals surface area contributed by atoms with Crippen molar-refractivity contribution in [2.45, 2.75) is 46.6 Å². The van der Waals surface area contributed by atoms with Crippen LogP contribution in [-0.4, -0.2) is 45.3 Å². The Bertz CT molecular complexity index is 850. The van der Waals surface area contributed by atoms with Gasteiger partial charge >= 0.3 is 0 Å². The fourth-order valence-electron chi connectivity index (χ4n) is 3.84. The average molecular weight is 354 g/mol. The van der Waals surface area contributed by atoms with Crippen LogP contribution in [-0.2, 0) is 12.8 Å². The molecule has 7 nitrogen and oxygen atoms in total. The minimum Gasteiger partial charge on any atom is -0.352 e. The van der Waals surface area contributed by atoms with Crippen molar-refractivity contribution in [1.82, 2.24) is 25.1 Å². The molecule has 4 rings (SSSR count). The second kappa shape index (κ2) is 6.37. The van der Waals surface area contributed by atoms with E-state index in [0.717, 1.165) is 48.8 Å². The summed E-state index contributed by atoms with van der Waals surface area (Å²) in [6.45, 7) is 10.8. The standard InChI is InChI=1S/C19H26N6O/c1-11(2)7-16-21-17-15(5-6-20-19(17)26)18(22-16)24-9-14(10-24)25-13(4)8-12(3)23-25/h8,11,14H,5-7,9-10H2,1-4H3,(H,20,26). The quantitative estimate of drug-likeness (QED) is 0.907. The summed E-state index contributed by atoms with van der Waals surface area (Å²) >= 11 is 0. The lowest BCUT2D eigenvalue weighted by Crippen LogP contribution is -2.50. The number of aryl methyl sites for hydroxylation is 2. The fraction of sp³-hybridized carbons (Fsp3) is 0.579. The molecule has 0 aliphatic carbocycles. The number of anilines is 1. The van der Waals surface area contributed by atoms with Crippen molar-refractivity contribution in [1.29, 1.82) is 0 Å². The molecule has 2 aromatic rings. The largest absolute Gasteiger partial charge is 0.352 e. The first-order valence-corrected chi connectivity index (χ1v) is 9.38. The van der Waals surface area contributed by atoms with Crippen LogP contribution >= 0.6 is 0 Å². The van der Waals surface area contributed by atoms with E-state index in [1.165, 1.54) is 5.69 Å². The number of nitrogens with zero attached hydrogens (tertiary/aromatic N) is 5. The number of rotatable bonds is 4. The van der Waals surface area contributed by atoms with Gasteiger partial charge in [-0.2, -0.15) is 5.10 Å². The predicted molar refractivity (Wildman–Crippen MR) is 99.6 cm³/mol. The number of hydrogen-bond donors (Lipinski definition) is 1. The third-order valence-corrected chi connectivity index (χ3v) is 5.05. The lowest BCUT2D eigenvalue weighted by atomic mass is 10.0. The lowest BCUT2D eigenvalue weighted by Gasteiger charge is -2.42. The maximum absolute atomic E-state index is 12.3. The molecule has 1 amide bonds. The van der Waals surface area contributed by atoms with Crippen molar-refractivity contribution >= 4 is 11.7 Å². The van der Waals surface area contributed by atoms with Crippen LogP contribution in [0.2, 0.25) is 0 Å². The highest BCUT2D eigenvalue weighted by atomic mass is 16.1. The summed E-state index contributed by atoms with van der Waals surface area (Å²) in [5, 5.41) is 7.51. The number of aromatic nitrogens is 4. The van der Waals surface area contributed by atoms with Crippen LogP contribution < -0.4 is 10.2 Å². The van der Waals surface area contributed by atoms with E-state index in [-0.39, 0.29) is 5.91 Å². The van der Waals surface area contributed by atoms with Gasteiger partial charge in [-0.1, -0.05) is 13.8 Å². The van der Waals surface area contributed by atoms with Crippen LogP contribution in [0.15, 0.2) is 6.07 Å². The Labute approximate surface area is 153 Å². The molecule has 26 heavy (non-hydrogen) atoms. The van der Waals surface area contributed by atoms with Gasteiger partial charge in [0.05, 0.1) is 11.7 Å². The van der Waals surface area contributed by atoms with Gasteiger partial charge in [0.25, 0.3) is 5.91 Å². The molecule has 2 aromatic heterocycles.